The fourth-order valence-electron chi connectivity index (χ4n) is 4.30. The number of carbonyl (C=O) groups is 2. The van der Waals surface area contributed by atoms with Crippen LogP contribution >= 0.6 is 11.6 Å². The van der Waals surface area contributed by atoms with Crippen molar-refractivity contribution in [2.24, 2.45) is 0 Å². The summed E-state index contributed by atoms with van der Waals surface area (Å²) in [5.41, 5.74) is 1.60. The smallest absolute Gasteiger partial charge is 0.254 e. The number of anilines is 1. The summed E-state index contributed by atoms with van der Waals surface area (Å²) in [5.74, 6) is -0.0569. The molecule has 2 N–H and O–H groups in total. The summed E-state index contributed by atoms with van der Waals surface area (Å²) in [6.45, 7) is 3.89. The zero-order chi connectivity index (χ0) is 24.5. The van der Waals surface area contributed by atoms with E-state index < -0.39 is 11.5 Å². The number of halogens is 1. The normalized spacial score (nSPS) is 14.4. The van der Waals surface area contributed by atoms with Crippen LogP contribution in [0.25, 0.3) is 11.0 Å². The molecule has 0 atom stereocenters. The predicted octanol–water partition coefficient (Wildman–Crippen LogP) is 3.11. The van der Waals surface area contributed by atoms with Crippen LogP contribution in [0.5, 0.6) is 0 Å². The summed E-state index contributed by atoms with van der Waals surface area (Å²) in [4.78, 5) is 34.0. The fourth-order valence-corrected chi connectivity index (χ4v) is 4.47. The molecule has 2 heterocycles. The van der Waals surface area contributed by atoms with E-state index in [1.54, 1.807) is 11.0 Å². The lowest BCUT2D eigenvalue weighted by molar-refractivity contribution is -0.150. The van der Waals surface area contributed by atoms with Gasteiger partial charge in [0.25, 0.3) is 5.91 Å². The molecule has 1 aliphatic rings. The number of benzene rings is 2. The number of rotatable bonds is 7. The topological polar surface area (TPSA) is 98.9 Å². The van der Waals surface area contributed by atoms with Gasteiger partial charge in [-0.15, -0.1) is 0 Å². The first kappa shape index (κ1) is 24.2. The van der Waals surface area contributed by atoms with Gasteiger partial charge in [0.2, 0.25) is 5.91 Å². The van der Waals surface area contributed by atoms with Crippen LogP contribution in [0.4, 0.5) is 5.69 Å². The Kier molecular flexibility index (Phi) is 6.93. The molecule has 8 nitrogen and oxygen atoms in total. The fraction of sp³-hybridized carbons (Fsp3) is 0.400. The minimum Gasteiger partial charge on any atom is -0.396 e. The second kappa shape index (κ2) is 9.74. The maximum absolute atomic E-state index is 13.4. The summed E-state index contributed by atoms with van der Waals surface area (Å²) in [6, 6.07) is 13.0. The van der Waals surface area contributed by atoms with Gasteiger partial charge in [0.1, 0.15) is 18.0 Å². The van der Waals surface area contributed by atoms with E-state index in [9.17, 15) is 19.8 Å². The summed E-state index contributed by atoms with van der Waals surface area (Å²) in [6.07, 6.45) is 1.42. The summed E-state index contributed by atoms with van der Waals surface area (Å²) in [5, 5.41) is 20.1. The number of unbranched alkanes of at least 4 members (excludes halogenated alkanes) is 1. The van der Waals surface area contributed by atoms with Crippen molar-refractivity contribution in [1.29, 1.82) is 0 Å². The van der Waals surface area contributed by atoms with E-state index in [1.165, 1.54) is 18.7 Å². The third kappa shape index (κ3) is 4.94. The van der Waals surface area contributed by atoms with Gasteiger partial charge in [0, 0.05) is 30.4 Å². The molecule has 4 rings (SSSR count). The number of aromatic nitrogens is 2. The van der Waals surface area contributed by atoms with Crippen molar-refractivity contribution in [3.05, 3.63) is 58.9 Å². The number of aryl methyl sites for hydroxylation is 1. The van der Waals surface area contributed by atoms with Crippen molar-refractivity contribution < 1.29 is 19.8 Å². The number of hydrogen-bond acceptors (Lipinski definition) is 5. The molecule has 180 valence electrons. The lowest BCUT2D eigenvalue weighted by atomic mass is 10.1. The molecular formula is C25H29ClN4O4. The van der Waals surface area contributed by atoms with Crippen molar-refractivity contribution in [2.45, 2.75) is 51.9 Å². The first-order valence-corrected chi connectivity index (χ1v) is 11.7. The van der Waals surface area contributed by atoms with Crippen LogP contribution in [0, 0.1) is 0 Å². The van der Waals surface area contributed by atoms with Gasteiger partial charge in [-0.25, -0.2) is 4.98 Å². The number of fused-ring (bicyclic) bond motifs is 2. The molecule has 0 unspecified atom stereocenters. The highest BCUT2D eigenvalue weighted by Gasteiger charge is 2.35. The maximum Gasteiger partial charge on any atom is 0.254 e. The standard InChI is InChI=1S/C25H29ClN4O4/c1-25(2,34)24(33)28-14-17-7-3-4-8-20(17)30(23(32)16-28)15-22-27-19-13-18(26)9-10-21(19)29(22)11-5-6-12-31/h3-4,7-10,13,31,34H,5-6,11-12,14-16H2,1-2H3. The molecule has 2 aromatic carbocycles. The lowest BCUT2D eigenvalue weighted by Gasteiger charge is -2.27. The average molecular weight is 485 g/mol. The number of para-hydroxylation sites is 1. The number of hydrogen-bond donors (Lipinski definition) is 2. The van der Waals surface area contributed by atoms with Crippen molar-refractivity contribution in [3.63, 3.8) is 0 Å². The van der Waals surface area contributed by atoms with Crippen LogP contribution < -0.4 is 4.90 Å². The van der Waals surface area contributed by atoms with E-state index >= 15 is 0 Å². The van der Waals surface area contributed by atoms with Crippen LogP contribution in [0.15, 0.2) is 42.5 Å². The van der Waals surface area contributed by atoms with E-state index in [-0.39, 0.29) is 32.1 Å². The Labute approximate surface area is 203 Å². The van der Waals surface area contributed by atoms with Crippen LogP contribution in [-0.4, -0.2) is 55.2 Å². The number of amides is 2. The van der Waals surface area contributed by atoms with E-state index in [4.69, 9.17) is 16.6 Å². The molecule has 0 aliphatic carbocycles. The highest BCUT2D eigenvalue weighted by Crippen LogP contribution is 2.29. The van der Waals surface area contributed by atoms with Gasteiger partial charge in [-0.3, -0.25) is 9.59 Å². The number of aliphatic hydroxyl groups excluding tert-OH is 1. The minimum atomic E-state index is -1.58. The third-order valence-corrected chi connectivity index (χ3v) is 6.20. The van der Waals surface area contributed by atoms with E-state index in [0.717, 1.165) is 23.0 Å². The summed E-state index contributed by atoms with van der Waals surface area (Å²) in [7, 11) is 0. The monoisotopic (exact) mass is 484 g/mol. The largest absolute Gasteiger partial charge is 0.396 e. The highest BCUT2D eigenvalue weighted by atomic mass is 35.5. The van der Waals surface area contributed by atoms with Gasteiger partial charge in [0.15, 0.2) is 0 Å². The molecule has 0 radical (unpaired) electrons. The van der Waals surface area contributed by atoms with Crippen molar-refractivity contribution in [2.75, 3.05) is 18.1 Å². The zero-order valence-corrected chi connectivity index (χ0v) is 20.1. The molecule has 2 amide bonds. The minimum absolute atomic E-state index is 0.108. The molecular weight excluding hydrogens is 456 g/mol. The van der Waals surface area contributed by atoms with Gasteiger partial charge in [0.05, 0.1) is 17.6 Å². The number of imidazole rings is 1. The Morgan fingerprint density at radius 2 is 1.91 bits per heavy atom. The number of carbonyl (C=O) groups excluding carboxylic acids is 2. The Hall–Kier alpha value is -2.94. The Morgan fingerprint density at radius 1 is 1.15 bits per heavy atom. The maximum atomic E-state index is 13.4. The molecule has 0 bridgehead atoms. The average Bonchev–Trinajstić information content (AvgIpc) is 3.05. The highest BCUT2D eigenvalue weighted by molar-refractivity contribution is 6.31. The van der Waals surface area contributed by atoms with Crippen LogP contribution in [-0.2, 0) is 29.2 Å². The molecule has 1 aliphatic heterocycles. The van der Waals surface area contributed by atoms with Crippen LogP contribution in [0.3, 0.4) is 0 Å². The molecule has 0 saturated carbocycles. The van der Waals surface area contributed by atoms with E-state index in [0.29, 0.717) is 29.5 Å². The van der Waals surface area contributed by atoms with Gasteiger partial charge >= 0.3 is 0 Å². The Bertz CT molecular complexity index is 1220. The first-order chi connectivity index (χ1) is 16.2. The number of aliphatic hydroxyl groups is 2. The van der Waals surface area contributed by atoms with Crippen molar-refractivity contribution in [3.8, 4) is 0 Å². The Balaban J connectivity index is 1.73. The van der Waals surface area contributed by atoms with Crippen molar-refractivity contribution >= 4 is 40.1 Å². The van der Waals surface area contributed by atoms with Gasteiger partial charge in [-0.1, -0.05) is 29.8 Å². The van der Waals surface area contributed by atoms with Crippen molar-refractivity contribution in [1.82, 2.24) is 14.5 Å². The van der Waals surface area contributed by atoms with Crippen LogP contribution in [0.1, 0.15) is 38.1 Å². The number of nitrogens with zero attached hydrogens (tertiary/aromatic N) is 4. The molecule has 34 heavy (non-hydrogen) atoms. The molecule has 3 aromatic rings. The first-order valence-electron chi connectivity index (χ1n) is 11.3. The lowest BCUT2D eigenvalue weighted by Crippen LogP contribution is -2.47. The second-order valence-corrected chi connectivity index (χ2v) is 9.51. The quantitative estimate of drug-likeness (QED) is 0.502. The third-order valence-electron chi connectivity index (χ3n) is 5.96. The predicted molar refractivity (Wildman–Crippen MR) is 130 cm³/mol. The van der Waals surface area contributed by atoms with Gasteiger partial charge in [-0.2, -0.15) is 0 Å². The molecule has 0 saturated heterocycles. The molecule has 1 aromatic heterocycles. The van der Waals surface area contributed by atoms with E-state index in [1.807, 2.05) is 36.4 Å². The van der Waals surface area contributed by atoms with Gasteiger partial charge < -0.3 is 24.6 Å². The second-order valence-electron chi connectivity index (χ2n) is 9.07. The summed E-state index contributed by atoms with van der Waals surface area (Å²) >= 11 is 6.19. The summed E-state index contributed by atoms with van der Waals surface area (Å²) < 4.78 is 2.06. The van der Waals surface area contributed by atoms with Gasteiger partial charge in [-0.05, 0) is 56.5 Å². The zero-order valence-electron chi connectivity index (χ0n) is 19.4. The van der Waals surface area contributed by atoms with E-state index in [2.05, 4.69) is 4.57 Å². The SMILES string of the molecule is CC(C)(O)C(=O)N1CC(=O)N(Cc2nc3cc(Cl)ccc3n2CCCCO)c2ccccc2C1. The molecule has 0 fully saturated rings. The van der Waals surface area contributed by atoms with Crippen LogP contribution in [0.2, 0.25) is 5.02 Å². The molecule has 0 spiro atoms. The Morgan fingerprint density at radius 3 is 2.65 bits per heavy atom. The molecule has 9 heteroatoms.